The molecule has 2 amide bonds. The highest BCUT2D eigenvalue weighted by Crippen LogP contribution is 2.55. The number of anilines is 1. The predicted molar refractivity (Wildman–Crippen MR) is 161 cm³/mol. The van der Waals surface area contributed by atoms with Gasteiger partial charge in [-0.3, -0.25) is 14.5 Å². The number of methoxy groups -OCH3 is 2. The van der Waals surface area contributed by atoms with Crippen LogP contribution in [0.1, 0.15) is 11.1 Å². The van der Waals surface area contributed by atoms with Crippen molar-refractivity contribution in [3.8, 4) is 17.2 Å². The number of benzene rings is 3. The van der Waals surface area contributed by atoms with Gasteiger partial charge in [-0.25, -0.2) is 12.7 Å². The van der Waals surface area contributed by atoms with E-state index >= 15 is 4.79 Å². The van der Waals surface area contributed by atoms with Crippen molar-refractivity contribution in [3.05, 3.63) is 76.8 Å². The summed E-state index contributed by atoms with van der Waals surface area (Å²) in [5, 5.41) is 22.0. The van der Waals surface area contributed by atoms with E-state index in [1.54, 1.807) is 6.07 Å². The van der Waals surface area contributed by atoms with E-state index in [2.05, 4.69) is 4.74 Å². The monoisotopic (exact) mass is 699 g/mol. The molecule has 17 heteroatoms. The topological polar surface area (TPSA) is 146 Å². The molecule has 0 radical (unpaired) electrons. The largest absolute Gasteiger partial charge is 0.573 e. The fourth-order valence-electron chi connectivity index (χ4n) is 6.06. The summed E-state index contributed by atoms with van der Waals surface area (Å²) in [5.41, 5.74) is -2.81. The van der Waals surface area contributed by atoms with Crippen LogP contribution in [0.5, 0.6) is 17.2 Å². The van der Waals surface area contributed by atoms with E-state index in [1.807, 2.05) is 0 Å². The summed E-state index contributed by atoms with van der Waals surface area (Å²) >= 11 is 6.42. The summed E-state index contributed by atoms with van der Waals surface area (Å²) in [4.78, 5) is 30.0. The lowest BCUT2D eigenvalue weighted by Crippen LogP contribution is -2.60. The number of hydrogen-bond acceptors (Lipinski definition) is 10. The number of carbonyl (C=O) groups is 2. The normalized spacial score (nSPS) is 23.1. The summed E-state index contributed by atoms with van der Waals surface area (Å²) in [6.45, 7) is -0.528. The molecule has 2 aliphatic heterocycles. The van der Waals surface area contributed by atoms with Gasteiger partial charge in [0.2, 0.25) is 5.91 Å². The second-order valence-electron chi connectivity index (χ2n) is 10.9. The molecule has 2 heterocycles. The lowest BCUT2D eigenvalue weighted by molar-refractivity contribution is -0.275. The molecule has 3 aromatic rings. The molecule has 0 aliphatic carbocycles. The standard InChI is InChI=1S/C30H29ClF3N3O9S/c1-35(2)27(40)25-26(39)21(38)15-36(25)29(18-7-5-6-8-22(18)45-4)19-13-16(31)9-11-20(19)37(28(29)41)47(42,43)24-12-10-17(44-3)14-23(24)46-30(32,33)34/h5-14,21,25-26,38-39H,15H2,1-4H3/t21?,25-,26?,29?/m1/s1. The molecule has 5 rings (SSSR count). The van der Waals surface area contributed by atoms with Crippen molar-refractivity contribution >= 4 is 39.1 Å². The molecule has 0 aromatic heterocycles. The molecule has 2 aliphatic rings. The number of β-amino-alcohol motifs (C(OH)–C–C–N with tert-alkyl or cyclic N) is 1. The van der Waals surface area contributed by atoms with Crippen molar-refractivity contribution in [2.75, 3.05) is 39.2 Å². The Morgan fingerprint density at radius 3 is 2.30 bits per heavy atom. The number of halogens is 4. The highest BCUT2D eigenvalue weighted by atomic mass is 35.5. The Hall–Kier alpha value is -4.09. The molecule has 0 spiro atoms. The third-order valence-electron chi connectivity index (χ3n) is 8.01. The summed E-state index contributed by atoms with van der Waals surface area (Å²) in [6.07, 6.45) is -8.67. The van der Waals surface area contributed by atoms with Crippen LogP contribution in [0.4, 0.5) is 18.9 Å². The minimum atomic E-state index is -5.33. The number of sulfonamides is 1. The molecule has 1 saturated heterocycles. The Morgan fingerprint density at radius 1 is 1.00 bits per heavy atom. The number of aliphatic hydroxyl groups excluding tert-OH is 2. The predicted octanol–water partition coefficient (Wildman–Crippen LogP) is 2.73. The van der Waals surface area contributed by atoms with Gasteiger partial charge in [-0.2, -0.15) is 0 Å². The van der Waals surface area contributed by atoms with Crippen LogP contribution in [0.3, 0.4) is 0 Å². The van der Waals surface area contributed by atoms with E-state index in [0.717, 1.165) is 29.0 Å². The van der Waals surface area contributed by atoms with E-state index in [0.29, 0.717) is 10.4 Å². The Kier molecular flexibility index (Phi) is 8.87. The number of aliphatic hydroxyl groups is 2. The molecule has 47 heavy (non-hydrogen) atoms. The summed E-state index contributed by atoms with van der Waals surface area (Å²) in [5.74, 6) is -3.33. The second kappa shape index (κ2) is 12.2. The SMILES string of the molecule is COc1ccc(S(=O)(=O)N2C(=O)C(c3ccccc3OC)(N3CC(O)C(O)[C@@H]3C(=O)N(C)C)c3cc(Cl)ccc32)c(OC(F)(F)F)c1. The number of ether oxygens (including phenoxy) is 3. The van der Waals surface area contributed by atoms with Crippen LogP contribution in [-0.4, -0.2) is 99.7 Å². The highest BCUT2D eigenvalue weighted by Gasteiger charge is 2.65. The average Bonchev–Trinajstić information content (AvgIpc) is 3.45. The third-order valence-corrected chi connectivity index (χ3v) is 9.99. The molecule has 252 valence electrons. The molecule has 12 nitrogen and oxygen atoms in total. The van der Waals surface area contributed by atoms with E-state index < -0.39 is 69.2 Å². The summed E-state index contributed by atoms with van der Waals surface area (Å²) < 4.78 is 84.5. The fraction of sp³-hybridized carbons (Fsp3) is 0.333. The second-order valence-corrected chi connectivity index (χ2v) is 13.1. The highest BCUT2D eigenvalue weighted by molar-refractivity contribution is 7.93. The zero-order valence-corrected chi connectivity index (χ0v) is 26.8. The smallest absolute Gasteiger partial charge is 0.497 e. The first-order valence-corrected chi connectivity index (χ1v) is 15.6. The van der Waals surface area contributed by atoms with Gasteiger partial charge in [0.25, 0.3) is 15.9 Å². The van der Waals surface area contributed by atoms with Gasteiger partial charge in [0.05, 0.1) is 26.0 Å². The molecule has 3 unspecified atom stereocenters. The van der Waals surface area contributed by atoms with E-state index in [9.17, 15) is 36.6 Å². The number of rotatable bonds is 8. The summed E-state index contributed by atoms with van der Waals surface area (Å²) in [7, 11) is -0.0712. The lowest BCUT2D eigenvalue weighted by atomic mass is 9.80. The number of carbonyl (C=O) groups excluding carboxylic acids is 2. The maximum absolute atomic E-state index is 15.2. The number of likely N-dealkylation sites (tertiary alicyclic amines) is 1. The van der Waals surface area contributed by atoms with Crippen molar-refractivity contribution in [1.29, 1.82) is 0 Å². The van der Waals surface area contributed by atoms with Crippen LogP contribution in [0.2, 0.25) is 5.02 Å². The van der Waals surface area contributed by atoms with E-state index in [4.69, 9.17) is 21.1 Å². The number of amides is 2. The number of para-hydroxylation sites is 1. The maximum Gasteiger partial charge on any atom is 0.573 e. The van der Waals surface area contributed by atoms with Crippen LogP contribution in [0, 0.1) is 0 Å². The van der Waals surface area contributed by atoms with Gasteiger partial charge in [0.15, 0.2) is 11.3 Å². The van der Waals surface area contributed by atoms with E-state index in [1.165, 1.54) is 57.6 Å². The van der Waals surface area contributed by atoms with Crippen LogP contribution < -0.4 is 18.5 Å². The Bertz CT molecular complexity index is 1840. The number of alkyl halides is 3. The first kappa shape index (κ1) is 34.3. The molecule has 2 N–H and O–H groups in total. The molecular weight excluding hydrogens is 671 g/mol. The van der Waals surface area contributed by atoms with Crippen molar-refractivity contribution in [2.24, 2.45) is 0 Å². The zero-order chi connectivity index (χ0) is 34.6. The van der Waals surface area contributed by atoms with Crippen molar-refractivity contribution in [3.63, 3.8) is 0 Å². The van der Waals surface area contributed by atoms with Crippen LogP contribution in [-0.2, 0) is 25.2 Å². The molecule has 0 bridgehead atoms. The Balaban J connectivity index is 1.87. The number of likely N-dealkylation sites (N-methyl/N-ethyl adjacent to an activating group) is 1. The first-order valence-electron chi connectivity index (χ1n) is 13.8. The number of fused-ring (bicyclic) bond motifs is 1. The first-order chi connectivity index (χ1) is 22.0. The number of nitrogens with zero attached hydrogens (tertiary/aromatic N) is 3. The van der Waals surface area contributed by atoms with Crippen LogP contribution >= 0.6 is 11.6 Å². The lowest BCUT2D eigenvalue weighted by Gasteiger charge is -2.42. The Morgan fingerprint density at radius 2 is 1.68 bits per heavy atom. The maximum atomic E-state index is 15.2. The molecule has 0 saturated carbocycles. The van der Waals surface area contributed by atoms with Gasteiger partial charge in [-0.15, -0.1) is 13.2 Å². The van der Waals surface area contributed by atoms with Crippen molar-refractivity contribution in [1.82, 2.24) is 9.80 Å². The van der Waals surface area contributed by atoms with Crippen LogP contribution in [0.25, 0.3) is 0 Å². The van der Waals surface area contributed by atoms with Crippen LogP contribution in [0.15, 0.2) is 65.6 Å². The molecule has 3 aromatic carbocycles. The van der Waals surface area contributed by atoms with Gasteiger partial charge in [-0.1, -0.05) is 29.8 Å². The minimum Gasteiger partial charge on any atom is -0.497 e. The molecule has 1 fully saturated rings. The third kappa shape index (κ3) is 5.53. The number of hydrogen-bond donors (Lipinski definition) is 2. The van der Waals surface area contributed by atoms with Crippen molar-refractivity contribution in [2.45, 2.75) is 35.0 Å². The van der Waals surface area contributed by atoms with Gasteiger partial charge >= 0.3 is 6.36 Å². The quantitative estimate of drug-likeness (QED) is 0.360. The van der Waals surface area contributed by atoms with Gasteiger partial charge < -0.3 is 29.3 Å². The zero-order valence-electron chi connectivity index (χ0n) is 25.2. The average molecular weight is 700 g/mol. The van der Waals surface area contributed by atoms with Gasteiger partial charge in [-0.05, 0) is 36.4 Å². The fourth-order valence-corrected chi connectivity index (χ4v) is 7.79. The molecular formula is C30H29ClF3N3O9S. The minimum absolute atomic E-state index is 0.00642. The molecule has 4 atom stereocenters. The van der Waals surface area contributed by atoms with E-state index in [-0.39, 0.29) is 33.3 Å². The summed E-state index contributed by atoms with van der Waals surface area (Å²) in [6, 6.07) is 10.7. The van der Waals surface area contributed by atoms with Gasteiger partial charge in [0, 0.05) is 42.9 Å². The van der Waals surface area contributed by atoms with Gasteiger partial charge in [0.1, 0.15) is 28.5 Å². The van der Waals surface area contributed by atoms with Crippen molar-refractivity contribution < 1.29 is 55.6 Å². The Labute approximate surface area is 272 Å².